The summed E-state index contributed by atoms with van der Waals surface area (Å²) in [5.41, 5.74) is 2.79. The number of nitrogens with zero attached hydrogens (tertiary/aromatic N) is 3. The van der Waals surface area contributed by atoms with E-state index in [-0.39, 0.29) is 11.7 Å². The van der Waals surface area contributed by atoms with Gasteiger partial charge in [0.2, 0.25) is 5.91 Å². The minimum absolute atomic E-state index is 0.129. The highest BCUT2D eigenvalue weighted by atomic mass is 32.2. The molecule has 0 atom stereocenters. The fraction of sp³-hybridized carbons (Fsp3) is 0.211. The topological polar surface area (TPSA) is 69.0 Å². The number of thioether (sulfide) groups is 1. The fourth-order valence-corrected chi connectivity index (χ4v) is 3.36. The second kappa shape index (κ2) is 8.05. The molecule has 1 N–H and O–H groups in total. The lowest BCUT2D eigenvalue weighted by molar-refractivity contribution is -0.113. The molecule has 0 aliphatic carbocycles. The van der Waals surface area contributed by atoms with Gasteiger partial charge in [0.25, 0.3) is 0 Å². The summed E-state index contributed by atoms with van der Waals surface area (Å²) in [4.78, 5) is 12.3. The lowest BCUT2D eigenvalue weighted by Crippen LogP contribution is -2.15. The quantitative estimate of drug-likeness (QED) is 0.673. The van der Waals surface area contributed by atoms with Crippen LogP contribution in [-0.2, 0) is 4.79 Å². The number of para-hydroxylation sites is 2. The van der Waals surface area contributed by atoms with E-state index in [1.165, 1.54) is 11.8 Å². The van der Waals surface area contributed by atoms with Crippen LogP contribution in [0.1, 0.15) is 11.4 Å². The highest BCUT2D eigenvalue weighted by molar-refractivity contribution is 7.99. The normalized spacial score (nSPS) is 10.6. The Morgan fingerprint density at radius 1 is 1.15 bits per heavy atom. The molecule has 0 fully saturated rings. The Hall–Kier alpha value is -2.80. The van der Waals surface area contributed by atoms with Crippen molar-refractivity contribution in [1.82, 2.24) is 14.8 Å². The van der Waals surface area contributed by atoms with E-state index in [1.807, 2.05) is 48.7 Å². The molecule has 7 heteroatoms. The van der Waals surface area contributed by atoms with Crippen LogP contribution in [0.15, 0.2) is 53.7 Å². The SMILES string of the molecule is COc1ccccc1NC(=O)CSc1nnc(C)n1-c1cccc(C)c1. The predicted molar refractivity (Wildman–Crippen MR) is 103 cm³/mol. The lowest BCUT2D eigenvalue weighted by Gasteiger charge is -2.11. The van der Waals surface area contributed by atoms with Crippen molar-refractivity contribution in [2.75, 3.05) is 18.2 Å². The molecule has 1 heterocycles. The number of benzene rings is 2. The van der Waals surface area contributed by atoms with Gasteiger partial charge in [-0.15, -0.1) is 10.2 Å². The summed E-state index contributed by atoms with van der Waals surface area (Å²) in [5.74, 6) is 1.51. The third-order valence-corrected chi connectivity index (χ3v) is 4.70. The molecule has 6 nitrogen and oxygen atoms in total. The molecular weight excluding hydrogens is 348 g/mol. The first-order chi connectivity index (χ1) is 12.6. The molecule has 0 aliphatic heterocycles. The smallest absolute Gasteiger partial charge is 0.234 e. The minimum Gasteiger partial charge on any atom is -0.495 e. The van der Waals surface area contributed by atoms with Gasteiger partial charge in [-0.1, -0.05) is 36.0 Å². The van der Waals surface area contributed by atoms with Gasteiger partial charge in [0.05, 0.1) is 18.6 Å². The summed E-state index contributed by atoms with van der Waals surface area (Å²) in [6, 6.07) is 15.4. The summed E-state index contributed by atoms with van der Waals surface area (Å²) in [6.07, 6.45) is 0. The molecule has 0 radical (unpaired) electrons. The number of carbonyl (C=O) groups excluding carboxylic acids is 1. The van der Waals surface area contributed by atoms with Gasteiger partial charge in [-0.05, 0) is 43.7 Å². The highest BCUT2D eigenvalue weighted by Gasteiger charge is 2.14. The number of nitrogens with one attached hydrogen (secondary N) is 1. The maximum absolute atomic E-state index is 12.3. The molecule has 3 aromatic rings. The molecule has 1 aromatic heterocycles. The van der Waals surface area contributed by atoms with Crippen molar-refractivity contribution >= 4 is 23.4 Å². The second-order valence-corrected chi connectivity index (χ2v) is 6.68. The molecule has 0 aliphatic rings. The molecule has 3 rings (SSSR count). The number of aryl methyl sites for hydroxylation is 2. The first kappa shape index (κ1) is 18.0. The Labute approximate surface area is 156 Å². The average molecular weight is 368 g/mol. The number of methoxy groups -OCH3 is 1. The van der Waals surface area contributed by atoms with Crippen molar-refractivity contribution in [3.63, 3.8) is 0 Å². The van der Waals surface area contributed by atoms with E-state index >= 15 is 0 Å². The van der Waals surface area contributed by atoms with Crippen molar-refractivity contribution in [3.8, 4) is 11.4 Å². The summed E-state index contributed by atoms with van der Waals surface area (Å²) in [7, 11) is 1.58. The van der Waals surface area contributed by atoms with Crippen molar-refractivity contribution in [2.24, 2.45) is 0 Å². The second-order valence-electron chi connectivity index (χ2n) is 5.74. The molecule has 0 saturated heterocycles. The van der Waals surface area contributed by atoms with Gasteiger partial charge < -0.3 is 10.1 Å². The Kier molecular flexibility index (Phi) is 5.58. The Morgan fingerprint density at radius 3 is 2.73 bits per heavy atom. The summed E-state index contributed by atoms with van der Waals surface area (Å²) in [6.45, 7) is 3.94. The van der Waals surface area contributed by atoms with E-state index in [4.69, 9.17) is 4.74 Å². The average Bonchev–Trinajstić information content (AvgIpc) is 3.01. The van der Waals surface area contributed by atoms with Crippen molar-refractivity contribution in [2.45, 2.75) is 19.0 Å². The van der Waals surface area contributed by atoms with Crippen LogP contribution in [0.3, 0.4) is 0 Å². The zero-order valence-corrected chi connectivity index (χ0v) is 15.7. The van der Waals surface area contributed by atoms with Crippen LogP contribution in [0.2, 0.25) is 0 Å². The number of ether oxygens (including phenoxy) is 1. The molecule has 0 saturated carbocycles. The number of rotatable bonds is 6. The Morgan fingerprint density at radius 2 is 1.96 bits per heavy atom. The van der Waals surface area contributed by atoms with Crippen molar-refractivity contribution < 1.29 is 9.53 Å². The number of aromatic nitrogens is 3. The first-order valence-electron chi connectivity index (χ1n) is 8.13. The largest absolute Gasteiger partial charge is 0.495 e. The van der Waals surface area contributed by atoms with E-state index in [0.717, 1.165) is 17.1 Å². The van der Waals surface area contributed by atoms with Crippen molar-refractivity contribution in [1.29, 1.82) is 0 Å². The molecule has 134 valence electrons. The van der Waals surface area contributed by atoms with E-state index in [0.29, 0.717) is 16.6 Å². The van der Waals surface area contributed by atoms with Crippen LogP contribution in [0.5, 0.6) is 5.75 Å². The van der Waals surface area contributed by atoms with Gasteiger partial charge in [0, 0.05) is 5.69 Å². The maximum atomic E-state index is 12.3. The lowest BCUT2D eigenvalue weighted by atomic mass is 10.2. The van der Waals surface area contributed by atoms with E-state index in [2.05, 4.69) is 21.6 Å². The van der Waals surface area contributed by atoms with Crippen LogP contribution >= 0.6 is 11.8 Å². The third kappa shape index (κ3) is 4.05. The summed E-state index contributed by atoms with van der Waals surface area (Å²) in [5, 5.41) is 11.9. The minimum atomic E-state index is -0.129. The molecule has 0 bridgehead atoms. The first-order valence-corrected chi connectivity index (χ1v) is 9.12. The number of hydrogen-bond donors (Lipinski definition) is 1. The van der Waals surface area contributed by atoms with Gasteiger partial charge in [-0.2, -0.15) is 0 Å². The van der Waals surface area contributed by atoms with E-state index in [9.17, 15) is 4.79 Å². The van der Waals surface area contributed by atoms with Crippen LogP contribution < -0.4 is 10.1 Å². The van der Waals surface area contributed by atoms with Gasteiger partial charge in [-0.3, -0.25) is 9.36 Å². The van der Waals surface area contributed by atoms with Gasteiger partial charge in [0.15, 0.2) is 5.16 Å². The Bertz CT molecular complexity index is 923. The fourth-order valence-electron chi connectivity index (χ4n) is 2.57. The standard InChI is InChI=1S/C19H20N4O2S/c1-13-7-6-8-15(11-13)23-14(2)21-22-19(23)26-12-18(24)20-16-9-4-5-10-17(16)25-3/h4-11H,12H2,1-3H3,(H,20,24). The number of hydrogen-bond acceptors (Lipinski definition) is 5. The molecule has 0 spiro atoms. The summed E-state index contributed by atoms with van der Waals surface area (Å²) < 4.78 is 7.20. The van der Waals surface area contributed by atoms with Crippen LogP contribution in [0.25, 0.3) is 5.69 Å². The zero-order valence-electron chi connectivity index (χ0n) is 14.9. The van der Waals surface area contributed by atoms with Crippen LogP contribution in [0, 0.1) is 13.8 Å². The van der Waals surface area contributed by atoms with Gasteiger partial charge in [0.1, 0.15) is 11.6 Å². The molecule has 2 aromatic carbocycles. The number of amides is 1. The highest BCUT2D eigenvalue weighted by Crippen LogP contribution is 2.25. The van der Waals surface area contributed by atoms with Crippen LogP contribution in [-0.4, -0.2) is 33.5 Å². The monoisotopic (exact) mass is 368 g/mol. The van der Waals surface area contributed by atoms with Crippen molar-refractivity contribution in [3.05, 3.63) is 59.9 Å². The molecule has 1 amide bonds. The Balaban J connectivity index is 1.72. The predicted octanol–water partition coefficient (Wildman–Crippen LogP) is 3.62. The third-order valence-electron chi connectivity index (χ3n) is 3.77. The number of anilines is 1. The maximum Gasteiger partial charge on any atom is 0.234 e. The van der Waals surface area contributed by atoms with Crippen LogP contribution in [0.4, 0.5) is 5.69 Å². The van der Waals surface area contributed by atoms with Gasteiger partial charge >= 0.3 is 0 Å². The summed E-state index contributed by atoms with van der Waals surface area (Å²) >= 11 is 1.35. The molecular formula is C19H20N4O2S. The van der Waals surface area contributed by atoms with E-state index in [1.54, 1.807) is 19.2 Å². The zero-order chi connectivity index (χ0) is 18.5. The van der Waals surface area contributed by atoms with Gasteiger partial charge in [-0.25, -0.2) is 0 Å². The number of carbonyl (C=O) groups is 1. The van der Waals surface area contributed by atoms with E-state index < -0.39 is 0 Å². The molecule has 0 unspecified atom stereocenters. The molecule has 26 heavy (non-hydrogen) atoms.